The molecule has 4 rings (SSSR count). The van der Waals surface area contributed by atoms with E-state index in [2.05, 4.69) is 15.9 Å². The molecule has 1 aliphatic carbocycles. The topological polar surface area (TPSA) is 183 Å². The van der Waals surface area contributed by atoms with E-state index in [9.17, 15) is 39.3 Å². The van der Waals surface area contributed by atoms with Gasteiger partial charge in [-0.15, -0.1) is 0 Å². The molecule has 0 unspecified atom stereocenters. The number of aromatic carboxylic acids is 1. The Hall–Kier alpha value is -5.27. The molecular weight excluding hydrogens is 764 g/mol. The van der Waals surface area contributed by atoms with Gasteiger partial charge in [0.1, 0.15) is 33.0 Å². The number of ketones is 1. The number of carbonyl (C=O) groups is 5. The van der Waals surface area contributed by atoms with Gasteiger partial charge in [-0.1, -0.05) is 13.3 Å². The molecule has 3 N–H and O–H groups in total. The zero-order valence-electron chi connectivity index (χ0n) is 32.0. The van der Waals surface area contributed by atoms with Crippen molar-refractivity contribution in [2.75, 3.05) is 7.11 Å². The first kappa shape index (κ1) is 41.5. The minimum atomic E-state index is -2.43. The predicted molar refractivity (Wildman–Crippen MR) is 202 cm³/mol. The number of carbonyl (C=O) groups excluding carboxylic acids is 4. The normalized spacial score (nSPS) is 15.3. The third-order valence-electron chi connectivity index (χ3n) is 10.1. The first-order valence-electron chi connectivity index (χ1n) is 17.0. The van der Waals surface area contributed by atoms with Gasteiger partial charge < -0.3 is 34.3 Å². The molecule has 0 saturated heterocycles. The molecule has 0 spiro atoms. The van der Waals surface area contributed by atoms with Crippen molar-refractivity contribution in [3.63, 3.8) is 0 Å². The molecule has 54 heavy (non-hydrogen) atoms. The number of rotatable bonds is 10. The van der Waals surface area contributed by atoms with Crippen LogP contribution in [0.15, 0.2) is 34.0 Å². The van der Waals surface area contributed by atoms with Crippen LogP contribution in [0.3, 0.4) is 0 Å². The summed E-state index contributed by atoms with van der Waals surface area (Å²) < 4.78 is 22.4. The molecule has 0 fully saturated rings. The van der Waals surface area contributed by atoms with Crippen molar-refractivity contribution in [1.29, 1.82) is 0 Å². The molecule has 0 radical (unpaired) electrons. The van der Waals surface area contributed by atoms with Crippen molar-refractivity contribution in [2.45, 2.75) is 87.7 Å². The number of phenolic OH excluding ortho intramolecular Hbond substituents is 1. The number of allylic oxidation sites excluding steroid dienone is 2. The van der Waals surface area contributed by atoms with Crippen LogP contribution in [0.25, 0.3) is 0 Å². The number of ether oxygens (including phenoxy) is 4. The van der Waals surface area contributed by atoms with Gasteiger partial charge in [-0.3, -0.25) is 4.79 Å². The van der Waals surface area contributed by atoms with Gasteiger partial charge in [0, 0.05) is 6.08 Å². The fourth-order valence-corrected chi connectivity index (χ4v) is 7.29. The molecule has 286 valence electrons. The molecule has 3 aromatic rings. The number of benzene rings is 3. The number of methoxy groups -OCH3 is 1. The average Bonchev–Trinajstić information content (AvgIpc) is 3.09. The van der Waals surface area contributed by atoms with Crippen LogP contribution in [0.4, 0.5) is 0 Å². The number of aromatic hydroxyl groups is 1. The molecule has 3 aromatic carbocycles. The van der Waals surface area contributed by atoms with Crippen LogP contribution in [0.2, 0.25) is 0 Å². The average molecular weight is 808 g/mol. The van der Waals surface area contributed by atoms with Gasteiger partial charge in [-0.05, 0) is 152 Å². The Labute approximate surface area is 321 Å². The lowest BCUT2D eigenvalue weighted by atomic mass is 9.87. The number of phenols is 1. The highest BCUT2D eigenvalue weighted by atomic mass is 79.9. The Balaban J connectivity index is 1.71. The van der Waals surface area contributed by atoms with Crippen molar-refractivity contribution in [3.8, 4) is 23.0 Å². The molecule has 0 aliphatic heterocycles. The number of aryl methyl sites for hydroxylation is 1. The highest BCUT2D eigenvalue weighted by Gasteiger charge is 2.48. The number of hydrogen-bond donors (Lipinski definition) is 3. The standard InChI is InChI=1S/C41H43BrO12/c1-12-13-27-25(10)30(38(47)53-35-22(7)19(4)31(37(45)46)20(5)23(35)8)17(2)14-28(27)52-39(48)32-21(6)24(9)36(33(42)34(32)44)54-40(49)41(50)18(3)15-26(43)16-29(41)51-11/h14-16,44,50H,12-13H2,1-11H3,(H,45,46)/t41-/m1/s1. The van der Waals surface area contributed by atoms with Crippen molar-refractivity contribution in [3.05, 3.63) is 101 Å². The van der Waals surface area contributed by atoms with Gasteiger partial charge in [-0.2, -0.15) is 0 Å². The summed E-state index contributed by atoms with van der Waals surface area (Å²) in [5, 5.41) is 32.3. The van der Waals surface area contributed by atoms with Gasteiger partial charge in [0.05, 0.1) is 18.2 Å². The zero-order valence-corrected chi connectivity index (χ0v) is 33.6. The number of esters is 3. The number of hydrogen-bond acceptors (Lipinski definition) is 11. The van der Waals surface area contributed by atoms with Crippen LogP contribution in [0, 0.1) is 55.4 Å². The van der Waals surface area contributed by atoms with Crippen LogP contribution in [0.1, 0.15) is 101 Å². The van der Waals surface area contributed by atoms with Crippen molar-refractivity contribution in [1.82, 2.24) is 0 Å². The summed E-state index contributed by atoms with van der Waals surface area (Å²) in [5.74, 6) is -5.04. The van der Waals surface area contributed by atoms with E-state index in [-0.39, 0.29) is 60.9 Å². The summed E-state index contributed by atoms with van der Waals surface area (Å²) in [6.07, 6.45) is 3.08. The van der Waals surface area contributed by atoms with Gasteiger partial charge in [0.15, 0.2) is 11.5 Å². The molecule has 12 nitrogen and oxygen atoms in total. The second kappa shape index (κ2) is 15.6. The van der Waals surface area contributed by atoms with E-state index >= 15 is 0 Å². The second-order valence-electron chi connectivity index (χ2n) is 13.4. The summed E-state index contributed by atoms with van der Waals surface area (Å²) >= 11 is 3.23. The van der Waals surface area contributed by atoms with Gasteiger partial charge in [0.2, 0.25) is 5.60 Å². The smallest absolute Gasteiger partial charge is 0.356 e. The first-order chi connectivity index (χ1) is 25.1. The van der Waals surface area contributed by atoms with E-state index in [1.54, 1.807) is 54.5 Å². The molecule has 0 amide bonds. The SMILES string of the molecule is CCCc1c(OC(=O)c2c(C)c(C)c(OC(=O)[C@@]3(O)C(C)=CC(=O)C=C3OC)c(Br)c2O)cc(C)c(C(=O)Oc2c(C)c(C)c(C(=O)O)c(C)c2C)c1C. The van der Waals surface area contributed by atoms with Crippen molar-refractivity contribution < 1.29 is 58.2 Å². The molecule has 1 aliphatic rings. The largest absolute Gasteiger partial charge is 0.506 e. The Morgan fingerprint density at radius 1 is 0.741 bits per heavy atom. The van der Waals surface area contributed by atoms with E-state index < -0.39 is 41.0 Å². The maximum absolute atomic E-state index is 13.9. The van der Waals surface area contributed by atoms with E-state index in [1.807, 2.05) is 6.92 Å². The Bertz CT molecular complexity index is 2170. The zero-order chi connectivity index (χ0) is 40.7. The number of carboxylic acids is 1. The van der Waals surface area contributed by atoms with E-state index in [1.165, 1.54) is 21.0 Å². The van der Waals surface area contributed by atoms with E-state index in [0.717, 1.165) is 12.2 Å². The van der Waals surface area contributed by atoms with E-state index in [4.69, 9.17) is 18.9 Å². The number of carboxylic acid groups (broad SMARTS) is 1. The predicted octanol–water partition coefficient (Wildman–Crippen LogP) is 7.41. The highest BCUT2D eigenvalue weighted by molar-refractivity contribution is 9.10. The monoisotopic (exact) mass is 806 g/mol. The van der Waals surface area contributed by atoms with Crippen molar-refractivity contribution >= 4 is 45.6 Å². The lowest BCUT2D eigenvalue weighted by molar-refractivity contribution is -0.151. The molecular formula is C41H43BrO12. The minimum Gasteiger partial charge on any atom is -0.506 e. The fourth-order valence-electron chi connectivity index (χ4n) is 6.71. The van der Waals surface area contributed by atoms with Crippen LogP contribution >= 0.6 is 15.9 Å². The maximum atomic E-state index is 13.9. The molecule has 0 bridgehead atoms. The van der Waals surface area contributed by atoms with Gasteiger partial charge in [0.25, 0.3) is 0 Å². The van der Waals surface area contributed by atoms with Crippen LogP contribution in [-0.4, -0.2) is 57.7 Å². The summed E-state index contributed by atoms with van der Waals surface area (Å²) in [7, 11) is 1.19. The lowest BCUT2D eigenvalue weighted by Gasteiger charge is -2.30. The summed E-state index contributed by atoms with van der Waals surface area (Å²) in [6, 6.07) is 1.55. The number of aliphatic hydroxyl groups is 1. The fraction of sp³-hybridized carbons (Fsp3) is 0.341. The molecule has 13 heteroatoms. The Morgan fingerprint density at radius 2 is 1.28 bits per heavy atom. The van der Waals surface area contributed by atoms with Gasteiger partial charge in [-0.25, -0.2) is 19.2 Å². The van der Waals surface area contributed by atoms with E-state index in [0.29, 0.717) is 51.8 Å². The maximum Gasteiger partial charge on any atom is 0.356 e. The lowest BCUT2D eigenvalue weighted by Crippen LogP contribution is -2.47. The summed E-state index contributed by atoms with van der Waals surface area (Å²) in [5.41, 5.74) is 1.77. The van der Waals surface area contributed by atoms with Crippen LogP contribution in [-0.2, 0) is 20.7 Å². The summed E-state index contributed by atoms with van der Waals surface area (Å²) in [4.78, 5) is 65.0. The third-order valence-corrected chi connectivity index (χ3v) is 10.9. The summed E-state index contributed by atoms with van der Waals surface area (Å²) in [6.45, 7) is 16.5. The van der Waals surface area contributed by atoms with Gasteiger partial charge >= 0.3 is 23.9 Å². The van der Waals surface area contributed by atoms with Crippen LogP contribution < -0.4 is 14.2 Å². The Morgan fingerprint density at radius 3 is 1.81 bits per heavy atom. The highest BCUT2D eigenvalue weighted by Crippen LogP contribution is 2.44. The molecule has 0 saturated carbocycles. The molecule has 1 atom stereocenters. The molecule has 0 aromatic heterocycles. The minimum absolute atomic E-state index is 0.0377. The quantitative estimate of drug-likeness (QED) is 0.137. The Kier molecular flexibility index (Phi) is 12.0. The van der Waals surface area contributed by atoms with Crippen molar-refractivity contribution in [2.24, 2.45) is 0 Å². The number of halogens is 1. The van der Waals surface area contributed by atoms with Crippen LogP contribution in [0.5, 0.6) is 23.0 Å². The first-order valence-corrected chi connectivity index (χ1v) is 17.8. The second-order valence-corrected chi connectivity index (χ2v) is 14.2. The molecule has 0 heterocycles. The third kappa shape index (κ3) is 7.05.